The Morgan fingerprint density at radius 1 is 0.792 bits per heavy atom. The number of hydrogen-bond donors (Lipinski definition) is 1. The molecule has 0 bridgehead atoms. The van der Waals surface area contributed by atoms with Crippen molar-refractivity contribution in [1.82, 2.24) is 9.97 Å². The molecule has 6 heteroatoms. The van der Waals surface area contributed by atoms with Gasteiger partial charge in [0.25, 0.3) is 0 Å². The first-order valence-electron chi connectivity index (χ1n) is 8.16. The molecule has 2 aliphatic carbocycles. The van der Waals surface area contributed by atoms with Crippen LogP contribution in [0.25, 0.3) is 0 Å². The second kappa shape index (κ2) is 7.95. The topological polar surface area (TPSA) is 58.4 Å². The minimum atomic E-state index is 0.446. The van der Waals surface area contributed by atoms with Crippen molar-refractivity contribution >= 4 is 28.9 Å². The molecule has 2 aromatic heterocycles. The number of pyridine rings is 2. The summed E-state index contributed by atoms with van der Waals surface area (Å²) in [5.74, 6) is 0. The van der Waals surface area contributed by atoms with Crippen molar-refractivity contribution in [2.45, 2.75) is 44.9 Å². The van der Waals surface area contributed by atoms with Gasteiger partial charge < -0.3 is 5.21 Å². The standard InChI is InChI=1S/C9H9ClN2O.C9H10ClN/c10-9-4-7-6(5-11-9)2-1-3-8(7)12-13;10-9-5-7-3-1-2-4-8(7)6-11-9/h4-5,13H,1-3H2;5-6H,1-4H2/b12-8+;. The molecule has 0 saturated carbocycles. The molecule has 4 rings (SSSR count). The van der Waals surface area contributed by atoms with Gasteiger partial charge in [-0.3, -0.25) is 0 Å². The van der Waals surface area contributed by atoms with Gasteiger partial charge in [-0.05, 0) is 73.8 Å². The van der Waals surface area contributed by atoms with Crippen molar-refractivity contribution in [2.75, 3.05) is 0 Å². The molecule has 2 aliphatic rings. The average Bonchev–Trinajstić information content (AvgIpc) is 2.61. The maximum atomic E-state index is 8.75. The van der Waals surface area contributed by atoms with Gasteiger partial charge in [0.05, 0.1) is 5.71 Å². The fraction of sp³-hybridized carbons (Fsp3) is 0.389. The van der Waals surface area contributed by atoms with Gasteiger partial charge in [-0.1, -0.05) is 28.4 Å². The van der Waals surface area contributed by atoms with E-state index in [0.29, 0.717) is 16.0 Å². The molecule has 0 fully saturated rings. The number of aromatic nitrogens is 2. The van der Waals surface area contributed by atoms with E-state index in [9.17, 15) is 0 Å². The summed E-state index contributed by atoms with van der Waals surface area (Å²) in [5.41, 5.74) is 5.56. The number of oxime groups is 1. The predicted molar refractivity (Wildman–Crippen MR) is 96.4 cm³/mol. The maximum Gasteiger partial charge on any atom is 0.129 e. The van der Waals surface area contributed by atoms with E-state index in [1.54, 1.807) is 12.3 Å². The monoisotopic (exact) mass is 363 g/mol. The molecule has 2 heterocycles. The summed E-state index contributed by atoms with van der Waals surface area (Å²) in [7, 11) is 0. The highest BCUT2D eigenvalue weighted by molar-refractivity contribution is 6.30. The van der Waals surface area contributed by atoms with Gasteiger partial charge in [0.1, 0.15) is 10.3 Å². The van der Waals surface area contributed by atoms with Crippen LogP contribution in [0, 0.1) is 0 Å². The number of fused-ring (bicyclic) bond motifs is 2. The second-order valence-corrected chi connectivity index (χ2v) is 6.82. The predicted octanol–water partition coefficient (Wildman–Crippen LogP) is 4.86. The molecule has 126 valence electrons. The first-order chi connectivity index (χ1) is 11.7. The van der Waals surface area contributed by atoms with Gasteiger partial charge in [0, 0.05) is 18.0 Å². The highest BCUT2D eigenvalue weighted by Crippen LogP contribution is 2.23. The summed E-state index contributed by atoms with van der Waals surface area (Å²) < 4.78 is 0. The molecular formula is C18H19Cl2N3O. The zero-order chi connectivity index (χ0) is 16.9. The molecule has 0 amide bonds. The van der Waals surface area contributed by atoms with E-state index >= 15 is 0 Å². The molecule has 0 atom stereocenters. The summed E-state index contributed by atoms with van der Waals surface area (Å²) in [4.78, 5) is 8.05. The van der Waals surface area contributed by atoms with Crippen molar-refractivity contribution < 1.29 is 5.21 Å². The van der Waals surface area contributed by atoms with Crippen LogP contribution in [0.1, 0.15) is 47.9 Å². The van der Waals surface area contributed by atoms with E-state index in [4.69, 9.17) is 28.4 Å². The Bertz CT molecular complexity index is 762. The molecule has 0 aliphatic heterocycles. The van der Waals surface area contributed by atoms with Gasteiger partial charge in [-0.2, -0.15) is 0 Å². The van der Waals surface area contributed by atoms with E-state index in [-0.39, 0.29) is 0 Å². The molecule has 0 aromatic carbocycles. The minimum absolute atomic E-state index is 0.446. The zero-order valence-corrected chi connectivity index (χ0v) is 14.8. The smallest absolute Gasteiger partial charge is 0.129 e. The lowest BCUT2D eigenvalue weighted by Gasteiger charge is -2.15. The van der Waals surface area contributed by atoms with Crippen molar-refractivity contribution in [3.8, 4) is 0 Å². The van der Waals surface area contributed by atoms with Crippen molar-refractivity contribution in [3.05, 3.63) is 57.1 Å². The van der Waals surface area contributed by atoms with Crippen LogP contribution in [0.2, 0.25) is 10.3 Å². The summed E-state index contributed by atoms with van der Waals surface area (Å²) in [6.45, 7) is 0. The molecule has 2 aromatic rings. The van der Waals surface area contributed by atoms with E-state index in [1.807, 2.05) is 12.3 Å². The fourth-order valence-electron chi connectivity index (χ4n) is 3.20. The molecular weight excluding hydrogens is 345 g/mol. The SMILES string of the molecule is Clc1cc2c(cn1)CCCC2.O/N=C1\CCCc2cnc(Cl)cc21. The number of aryl methyl sites for hydroxylation is 3. The quantitative estimate of drug-likeness (QED) is 0.412. The van der Waals surface area contributed by atoms with Gasteiger partial charge >= 0.3 is 0 Å². The largest absolute Gasteiger partial charge is 0.411 e. The van der Waals surface area contributed by atoms with Crippen LogP contribution in [0.4, 0.5) is 0 Å². The number of nitrogens with zero attached hydrogens (tertiary/aromatic N) is 3. The van der Waals surface area contributed by atoms with Crippen LogP contribution in [0.3, 0.4) is 0 Å². The van der Waals surface area contributed by atoms with E-state index in [1.165, 1.54) is 36.8 Å². The zero-order valence-electron chi connectivity index (χ0n) is 13.3. The first-order valence-corrected chi connectivity index (χ1v) is 8.92. The summed E-state index contributed by atoms with van der Waals surface area (Å²) >= 11 is 11.5. The third-order valence-corrected chi connectivity index (χ3v) is 4.85. The van der Waals surface area contributed by atoms with Gasteiger partial charge in [-0.25, -0.2) is 9.97 Å². The Morgan fingerprint density at radius 3 is 2.17 bits per heavy atom. The van der Waals surface area contributed by atoms with Gasteiger partial charge in [0.15, 0.2) is 0 Å². The second-order valence-electron chi connectivity index (χ2n) is 6.05. The molecule has 0 unspecified atom stereocenters. The van der Waals surface area contributed by atoms with Gasteiger partial charge in [-0.15, -0.1) is 0 Å². The number of hydrogen-bond acceptors (Lipinski definition) is 4. The van der Waals surface area contributed by atoms with Crippen LogP contribution in [0.5, 0.6) is 0 Å². The van der Waals surface area contributed by atoms with E-state index < -0.39 is 0 Å². The normalized spacial score (nSPS) is 17.5. The third kappa shape index (κ3) is 4.05. The Hall–Kier alpha value is -1.65. The lowest BCUT2D eigenvalue weighted by molar-refractivity contribution is 0.317. The Balaban J connectivity index is 0.000000143. The summed E-state index contributed by atoms with van der Waals surface area (Å²) in [6, 6.07) is 3.75. The Morgan fingerprint density at radius 2 is 1.42 bits per heavy atom. The molecule has 0 saturated heterocycles. The maximum absolute atomic E-state index is 8.75. The van der Waals surface area contributed by atoms with Crippen LogP contribution >= 0.6 is 23.2 Å². The van der Waals surface area contributed by atoms with Crippen LogP contribution < -0.4 is 0 Å². The average molecular weight is 364 g/mol. The molecule has 0 radical (unpaired) electrons. The third-order valence-electron chi connectivity index (χ3n) is 4.44. The lowest BCUT2D eigenvalue weighted by Crippen LogP contribution is -2.12. The highest BCUT2D eigenvalue weighted by atomic mass is 35.5. The van der Waals surface area contributed by atoms with Crippen LogP contribution in [0.15, 0.2) is 29.7 Å². The Labute approximate surface area is 151 Å². The van der Waals surface area contributed by atoms with Crippen LogP contribution in [-0.2, 0) is 19.3 Å². The summed E-state index contributed by atoms with van der Waals surface area (Å²) in [5, 5.41) is 13.1. The highest BCUT2D eigenvalue weighted by Gasteiger charge is 2.16. The van der Waals surface area contributed by atoms with Crippen molar-refractivity contribution in [3.63, 3.8) is 0 Å². The van der Waals surface area contributed by atoms with Crippen molar-refractivity contribution in [2.24, 2.45) is 5.16 Å². The summed E-state index contributed by atoms with van der Waals surface area (Å²) in [6.07, 6.45) is 11.4. The number of rotatable bonds is 0. The molecule has 24 heavy (non-hydrogen) atoms. The first kappa shape index (κ1) is 17.2. The molecule has 0 spiro atoms. The van der Waals surface area contributed by atoms with Crippen LogP contribution in [-0.4, -0.2) is 20.9 Å². The lowest BCUT2D eigenvalue weighted by atomic mass is 9.92. The number of halogens is 2. The molecule has 1 N–H and O–H groups in total. The van der Waals surface area contributed by atoms with Crippen molar-refractivity contribution in [1.29, 1.82) is 0 Å². The van der Waals surface area contributed by atoms with E-state index in [0.717, 1.165) is 30.4 Å². The van der Waals surface area contributed by atoms with E-state index in [2.05, 4.69) is 15.1 Å². The molecule has 4 nitrogen and oxygen atoms in total. The van der Waals surface area contributed by atoms with Gasteiger partial charge in [0.2, 0.25) is 0 Å². The Kier molecular flexibility index (Phi) is 5.69. The fourth-order valence-corrected chi connectivity index (χ4v) is 3.53. The minimum Gasteiger partial charge on any atom is -0.411 e.